The number of hydrogen-bond donors (Lipinski definition) is 0. The molecule has 1 saturated heterocycles. The second kappa shape index (κ2) is 8.32. The van der Waals surface area contributed by atoms with Crippen LogP contribution in [0.3, 0.4) is 0 Å². The first kappa shape index (κ1) is 19.7. The van der Waals surface area contributed by atoms with Gasteiger partial charge in [0.1, 0.15) is 17.4 Å². The van der Waals surface area contributed by atoms with Crippen LogP contribution >= 0.6 is 0 Å². The number of likely N-dealkylation sites (N-methyl/N-ethyl adjacent to an activating group) is 1. The van der Waals surface area contributed by atoms with E-state index in [-0.39, 0.29) is 11.5 Å². The Kier molecular flexibility index (Phi) is 5.86. The summed E-state index contributed by atoms with van der Waals surface area (Å²) >= 11 is 0. The quantitative estimate of drug-likeness (QED) is 0.606. The topological polar surface area (TPSA) is 61.5 Å². The number of methoxy groups -OCH3 is 1. The first-order valence-corrected chi connectivity index (χ1v) is 9.37. The normalized spacial score (nSPS) is 15.4. The van der Waals surface area contributed by atoms with Crippen molar-refractivity contribution < 1.29 is 9.53 Å². The highest BCUT2D eigenvalue weighted by atomic mass is 16.5. The number of carbonyl (C=O) groups is 1. The molecule has 1 aromatic heterocycles. The van der Waals surface area contributed by atoms with Crippen LogP contribution < -0.4 is 4.74 Å². The van der Waals surface area contributed by atoms with Crippen LogP contribution in [0.5, 0.6) is 5.75 Å². The van der Waals surface area contributed by atoms with Gasteiger partial charge in [0.15, 0.2) is 0 Å². The fourth-order valence-corrected chi connectivity index (χ4v) is 3.54. The summed E-state index contributed by atoms with van der Waals surface area (Å²) in [7, 11) is 3.68. The van der Waals surface area contributed by atoms with Gasteiger partial charge in [-0.1, -0.05) is 0 Å². The number of aromatic nitrogens is 1. The average molecular weight is 378 g/mol. The van der Waals surface area contributed by atoms with E-state index >= 15 is 0 Å². The molecule has 1 aromatic carbocycles. The summed E-state index contributed by atoms with van der Waals surface area (Å²) in [5, 5.41) is 9.59. The zero-order valence-electron chi connectivity index (χ0n) is 16.9. The van der Waals surface area contributed by atoms with Crippen molar-refractivity contribution in [2.75, 3.05) is 40.3 Å². The predicted octanol–water partition coefficient (Wildman–Crippen LogP) is 2.78. The van der Waals surface area contributed by atoms with Crippen molar-refractivity contribution in [3.8, 4) is 17.5 Å². The average Bonchev–Trinajstić information content (AvgIpc) is 2.99. The summed E-state index contributed by atoms with van der Waals surface area (Å²) in [5.41, 5.74) is 4.10. The number of ether oxygens (including phenoxy) is 1. The maximum atomic E-state index is 12.8. The van der Waals surface area contributed by atoms with E-state index < -0.39 is 0 Å². The summed E-state index contributed by atoms with van der Waals surface area (Å²) in [6, 6.07) is 11.9. The number of nitriles is 1. The van der Waals surface area contributed by atoms with Gasteiger partial charge in [0, 0.05) is 43.3 Å². The summed E-state index contributed by atoms with van der Waals surface area (Å²) in [4.78, 5) is 16.7. The van der Waals surface area contributed by atoms with Crippen molar-refractivity contribution in [2.24, 2.45) is 0 Å². The second-order valence-corrected chi connectivity index (χ2v) is 7.13. The Labute approximate surface area is 166 Å². The fourth-order valence-electron chi connectivity index (χ4n) is 3.54. The van der Waals surface area contributed by atoms with E-state index in [1.165, 1.54) is 0 Å². The maximum Gasteiger partial charge on any atom is 0.264 e. The molecule has 0 atom stereocenters. The molecule has 1 aliphatic heterocycles. The smallest absolute Gasteiger partial charge is 0.264 e. The van der Waals surface area contributed by atoms with Crippen LogP contribution in [0, 0.1) is 25.2 Å². The van der Waals surface area contributed by atoms with Gasteiger partial charge in [0.25, 0.3) is 5.91 Å². The summed E-state index contributed by atoms with van der Waals surface area (Å²) in [6.07, 6.45) is 1.71. The van der Waals surface area contributed by atoms with Crippen molar-refractivity contribution >= 4 is 12.0 Å². The Balaban J connectivity index is 1.90. The molecule has 2 heterocycles. The van der Waals surface area contributed by atoms with Gasteiger partial charge >= 0.3 is 0 Å². The largest absolute Gasteiger partial charge is 0.497 e. The predicted molar refractivity (Wildman–Crippen MR) is 109 cm³/mol. The number of rotatable bonds is 4. The lowest BCUT2D eigenvalue weighted by Crippen LogP contribution is -2.47. The zero-order valence-corrected chi connectivity index (χ0v) is 16.9. The third-order valence-corrected chi connectivity index (χ3v) is 5.24. The van der Waals surface area contributed by atoms with E-state index in [1.807, 2.05) is 51.2 Å². The first-order valence-electron chi connectivity index (χ1n) is 9.37. The highest BCUT2D eigenvalue weighted by molar-refractivity contribution is 6.01. The monoisotopic (exact) mass is 378 g/mol. The highest BCUT2D eigenvalue weighted by Crippen LogP contribution is 2.24. The first-order chi connectivity index (χ1) is 13.4. The molecule has 3 rings (SSSR count). The Morgan fingerprint density at radius 1 is 1.14 bits per heavy atom. The minimum absolute atomic E-state index is 0.180. The molecule has 1 fully saturated rings. The van der Waals surface area contributed by atoms with Gasteiger partial charge in [-0.3, -0.25) is 4.79 Å². The zero-order chi connectivity index (χ0) is 20.3. The van der Waals surface area contributed by atoms with Crippen molar-refractivity contribution in [3.05, 3.63) is 52.9 Å². The molecule has 0 spiro atoms. The van der Waals surface area contributed by atoms with Crippen LogP contribution in [0.1, 0.15) is 17.0 Å². The van der Waals surface area contributed by atoms with Crippen LogP contribution in [0.4, 0.5) is 0 Å². The third-order valence-electron chi connectivity index (χ3n) is 5.24. The molecule has 146 valence electrons. The number of amides is 1. The van der Waals surface area contributed by atoms with Crippen molar-refractivity contribution in [1.82, 2.24) is 14.4 Å². The lowest BCUT2D eigenvalue weighted by molar-refractivity contribution is -0.128. The van der Waals surface area contributed by atoms with Gasteiger partial charge in [-0.25, -0.2) is 0 Å². The second-order valence-electron chi connectivity index (χ2n) is 7.13. The van der Waals surface area contributed by atoms with Crippen molar-refractivity contribution in [3.63, 3.8) is 0 Å². The SMILES string of the molecule is COc1ccc(-n2c(C)cc(C=C(C#N)C(=O)N3CCN(C)CC3)c2C)cc1. The molecule has 0 radical (unpaired) electrons. The van der Waals surface area contributed by atoms with Crippen molar-refractivity contribution in [1.29, 1.82) is 5.26 Å². The summed E-state index contributed by atoms with van der Waals surface area (Å²) in [5.74, 6) is 0.612. The van der Waals surface area contributed by atoms with Gasteiger partial charge in [-0.2, -0.15) is 5.26 Å². The molecule has 0 aliphatic carbocycles. The number of aryl methyl sites for hydroxylation is 1. The number of piperazine rings is 1. The van der Waals surface area contributed by atoms with Crippen LogP contribution in [0.15, 0.2) is 35.9 Å². The van der Waals surface area contributed by atoms with E-state index in [4.69, 9.17) is 4.74 Å². The molecule has 1 aliphatic rings. The lowest BCUT2D eigenvalue weighted by Gasteiger charge is -2.32. The summed E-state index contributed by atoms with van der Waals surface area (Å²) < 4.78 is 7.34. The molecule has 0 saturated carbocycles. The van der Waals surface area contributed by atoms with Gasteiger partial charge < -0.3 is 19.1 Å². The standard InChI is InChI=1S/C22H26N4O2/c1-16-13-18(17(2)26(16)20-5-7-21(28-4)8-6-20)14-19(15-23)22(27)25-11-9-24(3)10-12-25/h5-8,13-14H,9-12H2,1-4H3. The van der Waals surface area contributed by atoms with Crippen molar-refractivity contribution in [2.45, 2.75) is 13.8 Å². The molecule has 0 N–H and O–H groups in total. The van der Waals surface area contributed by atoms with Gasteiger partial charge in [-0.15, -0.1) is 0 Å². The molecule has 6 nitrogen and oxygen atoms in total. The molecule has 1 amide bonds. The number of benzene rings is 1. The van der Waals surface area contributed by atoms with E-state index in [1.54, 1.807) is 18.1 Å². The maximum absolute atomic E-state index is 12.8. The van der Waals surface area contributed by atoms with Crippen LogP contribution in [0.2, 0.25) is 0 Å². The molecule has 0 unspecified atom stereocenters. The van der Waals surface area contributed by atoms with E-state index in [9.17, 15) is 10.1 Å². The van der Waals surface area contributed by atoms with Crippen LogP contribution in [-0.2, 0) is 4.79 Å². The minimum Gasteiger partial charge on any atom is -0.497 e. The molecule has 0 bridgehead atoms. The third kappa shape index (κ3) is 3.95. The summed E-state index contributed by atoms with van der Waals surface area (Å²) in [6.45, 7) is 6.98. The van der Waals surface area contributed by atoms with E-state index in [0.29, 0.717) is 13.1 Å². The van der Waals surface area contributed by atoms with E-state index in [2.05, 4.69) is 15.5 Å². The molecular weight excluding hydrogens is 352 g/mol. The molecular formula is C22H26N4O2. The highest BCUT2D eigenvalue weighted by Gasteiger charge is 2.22. The fraction of sp³-hybridized carbons (Fsp3) is 0.364. The number of hydrogen-bond acceptors (Lipinski definition) is 4. The van der Waals surface area contributed by atoms with Crippen LogP contribution in [0.25, 0.3) is 11.8 Å². The minimum atomic E-state index is -0.190. The Bertz CT molecular complexity index is 927. The lowest BCUT2D eigenvalue weighted by atomic mass is 10.1. The van der Waals surface area contributed by atoms with Gasteiger partial charge in [0.05, 0.1) is 7.11 Å². The Morgan fingerprint density at radius 2 is 1.79 bits per heavy atom. The Hall–Kier alpha value is -3.04. The molecule has 28 heavy (non-hydrogen) atoms. The van der Waals surface area contributed by atoms with Gasteiger partial charge in [0.2, 0.25) is 0 Å². The van der Waals surface area contributed by atoms with Gasteiger partial charge in [-0.05, 0) is 62.9 Å². The number of carbonyl (C=O) groups excluding carboxylic acids is 1. The Morgan fingerprint density at radius 3 is 2.36 bits per heavy atom. The van der Waals surface area contributed by atoms with Crippen LogP contribution in [-0.4, -0.2) is 60.6 Å². The molecule has 6 heteroatoms. The van der Waals surface area contributed by atoms with E-state index in [0.717, 1.165) is 41.5 Å². The number of nitrogens with zero attached hydrogens (tertiary/aromatic N) is 4. The molecule has 2 aromatic rings.